The third-order valence-corrected chi connectivity index (χ3v) is 2.47. The Hall–Kier alpha value is -1.50. The van der Waals surface area contributed by atoms with Gasteiger partial charge in [0.1, 0.15) is 12.4 Å². The zero-order valence-corrected chi connectivity index (χ0v) is 12.0. The van der Waals surface area contributed by atoms with E-state index in [0.29, 0.717) is 25.7 Å². The molecule has 0 aliphatic heterocycles. The number of ether oxygens (including phenoxy) is 2. The highest BCUT2D eigenvalue weighted by Crippen LogP contribution is 2.16. The molecular weight excluding hydrogens is 238 g/mol. The van der Waals surface area contributed by atoms with E-state index < -0.39 is 0 Å². The Morgan fingerprint density at radius 3 is 2.68 bits per heavy atom. The lowest BCUT2D eigenvalue weighted by atomic mass is 10.1. The second kappa shape index (κ2) is 8.58. The molecule has 0 unspecified atom stereocenters. The normalized spacial score (nSPS) is 10.2. The molecule has 104 valence electrons. The molecule has 1 rings (SSSR count). The second-order valence-electron chi connectivity index (χ2n) is 4.80. The summed E-state index contributed by atoms with van der Waals surface area (Å²) in [5.74, 6) is 7.29. The molecule has 0 aliphatic rings. The molecule has 0 fully saturated rings. The molecule has 1 aromatic rings. The molecule has 0 heterocycles. The summed E-state index contributed by atoms with van der Waals surface area (Å²) in [6, 6.07) is 5.88. The van der Waals surface area contributed by atoms with Crippen molar-refractivity contribution in [3.63, 3.8) is 0 Å². The van der Waals surface area contributed by atoms with Gasteiger partial charge in [-0.05, 0) is 36.6 Å². The molecule has 2 N–H and O–H groups in total. The fraction of sp³-hybridized carbons (Fsp3) is 0.500. The van der Waals surface area contributed by atoms with Crippen LogP contribution in [0.25, 0.3) is 0 Å². The smallest absolute Gasteiger partial charge is 0.119 e. The third kappa shape index (κ3) is 6.28. The average molecular weight is 261 g/mol. The number of rotatable bonds is 6. The summed E-state index contributed by atoms with van der Waals surface area (Å²) in [4.78, 5) is 0. The predicted molar refractivity (Wildman–Crippen MR) is 78.3 cm³/mol. The van der Waals surface area contributed by atoms with Crippen molar-refractivity contribution in [2.45, 2.75) is 20.8 Å². The van der Waals surface area contributed by atoms with Crippen molar-refractivity contribution in [1.82, 2.24) is 0 Å². The van der Waals surface area contributed by atoms with E-state index in [4.69, 9.17) is 15.2 Å². The summed E-state index contributed by atoms with van der Waals surface area (Å²) in [5.41, 5.74) is 7.45. The highest BCUT2D eigenvalue weighted by Gasteiger charge is 1.99. The molecule has 0 radical (unpaired) electrons. The Balaban J connectivity index is 2.41. The first-order chi connectivity index (χ1) is 9.13. The van der Waals surface area contributed by atoms with Gasteiger partial charge in [-0.15, -0.1) is 0 Å². The van der Waals surface area contributed by atoms with Crippen molar-refractivity contribution in [3.8, 4) is 17.6 Å². The van der Waals surface area contributed by atoms with Crippen LogP contribution in [0.3, 0.4) is 0 Å². The molecule has 0 saturated carbocycles. The molecule has 0 aliphatic carbocycles. The van der Waals surface area contributed by atoms with Gasteiger partial charge >= 0.3 is 0 Å². The number of hydrogen-bond donors (Lipinski definition) is 1. The van der Waals surface area contributed by atoms with Crippen molar-refractivity contribution in [1.29, 1.82) is 0 Å². The molecule has 0 spiro atoms. The van der Waals surface area contributed by atoms with Gasteiger partial charge in [-0.3, -0.25) is 0 Å². The zero-order valence-electron chi connectivity index (χ0n) is 12.0. The first-order valence-electron chi connectivity index (χ1n) is 6.63. The monoisotopic (exact) mass is 261 g/mol. The summed E-state index contributed by atoms with van der Waals surface area (Å²) in [6.07, 6.45) is 0. The van der Waals surface area contributed by atoms with Crippen LogP contribution in [-0.4, -0.2) is 26.4 Å². The fourth-order valence-corrected chi connectivity index (χ4v) is 1.55. The lowest BCUT2D eigenvalue weighted by Crippen LogP contribution is -2.10. The van der Waals surface area contributed by atoms with Gasteiger partial charge in [0.2, 0.25) is 0 Å². The number of hydrogen-bond acceptors (Lipinski definition) is 3. The molecule has 0 bridgehead atoms. The minimum Gasteiger partial charge on any atom is -0.491 e. The lowest BCUT2D eigenvalue weighted by Gasteiger charge is -2.09. The Morgan fingerprint density at radius 2 is 2.05 bits per heavy atom. The highest BCUT2D eigenvalue weighted by atomic mass is 16.5. The van der Waals surface area contributed by atoms with Crippen molar-refractivity contribution < 1.29 is 9.47 Å². The molecular formula is C16H23NO2. The average Bonchev–Trinajstić information content (AvgIpc) is 2.37. The maximum Gasteiger partial charge on any atom is 0.119 e. The van der Waals surface area contributed by atoms with Gasteiger partial charge in [-0.1, -0.05) is 25.7 Å². The fourth-order valence-electron chi connectivity index (χ4n) is 1.55. The van der Waals surface area contributed by atoms with E-state index in [2.05, 4.69) is 25.7 Å². The van der Waals surface area contributed by atoms with Crippen molar-refractivity contribution in [2.75, 3.05) is 26.4 Å². The largest absolute Gasteiger partial charge is 0.491 e. The second-order valence-corrected chi connectivity index (χ2v) is 4.80. The van der Waals surface area contributed by atoms with Gasteiger partial charge in [0.15, 0.2) is 0 Å². The van der Waals surface area contributed by atoms with E-state index >= 15 is 0 Å². The van der Waals surface area contributed by atoms with Crippen molar-refractivity contribution >= 4 is 0 Å². The molecule has 3 nitrogen and oxygen atoms in total. The van der Waals surface area contributed by atoms with Crippen LogP contribution in [0, 0.1) is 24.7 Å². The van der Waals surface area contributed by atoms with Gasteiger partial charge in [0.05, 0.1) is 13.2 Å². The van der Waals surface area contributed by atoms with Crippen LogP contribution in [0.2, 0.25) is 0 Å². The van der Waals surface area contributed by atoms with Crippen LogP contribution in [0.15, 0.2) is 18.2 Å². The quantitative estimate of drug-likeness (QED) is 0.631. The van der Waals surface area contributed by atoms with Crippen molar-refractivity contribution in [3.05, 3.63) is 29.3 Å². The maximum absolute atomic E-state index is 5.63. The van der Waals surface area contributed by atoms with Gasteiger partial charge < -0.3 is 15.2 Å². The van der Waals surface area contributed by atoms with E-state index in [-0.39, 0.29) is 0 Å². The standard InChI is InChI=1S/C16H23NO2/c1-13(2)12-18-9-10-19-16-7-6-15(5-4-8-17)14(3)11-16/h6-7,11,13H,8-10,12,17H2,1-3H3. The third-order valence-electron chi connectivity index (χ3n) is 2.47. The zero-order chi connectivity index (χ0) is 14.1. The summed E-state index contributed by atoms with van der Waals surface area (Å²) in [7, 11) is 0. The Kier molecular flexibility index (Phi) is 7.02. The molecule has 3 heteroatoms. The van der Waals surface area contributed by atoms with Crippen LogP contribution < -0.4 is 10.5 Å². The van der Waals surface area contributed by atoms with Gasteiger partial charge in [-0.2, -0.15) is 0 Å². The molecule has 1 aromatic carbocycles. The number of nitrogens with two attached hydrogens (primary N) is 1. The minimum absolute atomic E-state index is 0.380. The topological polar surface area (TPSA) is 44.5 Å². The molecule has 0 atom stereocenters. The van der Waals surface area contributed by atoms with Gasteiger partial charge in [0.25, 0.3) is 0 Å². The summed E-state index contributed by atoms with van der Waals surface area (Å²) >= 11 is 0. The highest BCUT2D eigenvalue weighted by molar-refractivity contribution is 5.44. The van der Waals surface area contributed by atoms with E-state index in [1.165, 1.54) is 0 Å². The van der Waals surface area contributed by atoms with Crippen LogP contribution in [0.4, 0.5) is 0 Å². The summed E-state index contributed by atoms with van der Waals surface area (Å²) in [5, 5.41) is 0. The maximum atomic E-state index is 5.63. The summed E-state index contributed by atoms with van der Waals surface area (Å²) in [6.45, 7) is 8.62. The van der Waals surface area contributed by atoms with Crippen molar-refractivity contribution in [2.24, 2.45) is 11.7 Å². The van der Waals surface area contributed by atoms with Crippen LogP contribution in [0.1, 0.15) is 25.0 Å². The van der Waals surface area contributed by atoms with E-state index in [0.717, 1.165) is 23.5 Å². The molecule has 19 heavy (non-hydrogen) atoms. The van der Waals surface area contributed by atoms with E-state index in [1.807, 2.05) is 25.1 Å². The van der Waals surface area contributed by atoms with Crippen LogP contribution in [0.5, 0.6) is 5.75 Å². The summed E-state index contributed by atoms with van der Waals surface area (Å²) < 4.78 is 11.1. The molecule has 0 aromatic heterocycles. The first kappa shape index (κ1) is 15.6. The van der Waals surface area contributed by atoms with Crippen LogP contribution in [-0.2, 0) is 4.74 Å². The van der Waals surface area contributed by atoms with E-state index in [9.17, 15) is 0 Å². The number of aryl methyl sites for hydroxylation is 1. The van der Waals surface area contributed by atoms with Gasteiger partial charge in [-0.25, -0.2) is 0 Å². The van der Waals surface area contributed by atoms with E-state index in [1.54, 1.807) is 0 Å². The Bertz CT molecular complexity index is 444. The number of benzene rings is 1. The Morgan fingerprint density at radius 1 is 1.26 bits per heavy atom. The Labute approximate surface area is 116 Å². The molecule has 0 amide bonds. The lowest BCUT2D eigenvalue weighted by molar-refractivity contribution is 0.0819. The minimum atomic E-state index is 0.380. The molecule has 0 saturated heterocycles. The first-order valence-corrected chi connectivity index (χ1v) is 6.63. The SMILES string of the molecule is Cc1cc(OCCOCC(C)C)ccc1C#CCN. The van der Waals surface area contributed by atoms with Crippen LogP contribution >= 0.6 is 0 Å². The predicted octanol–water partition coefficient (Wildman–Crippen LogP) is 2.36. The van der Waals surface area contributed by atoms with Gasteiger partial charge in [0, 0.05) is 12.2 Å².